The lowest BCUT2D eigenvalue weighted by Crippen LogP contribution is -2.43. The van der Waals surface area contributed by atoms with Crippen LogP contribution >= 0.6 is 0 Å². The van der Waals surface area contributed by atoms with Crippen molar-refractivity contribution >= 4 is 11.9 Å². The molecule has 0 N–H and O–H groups in total. The fourth-order valence-corrected chi connectivity index (χ4v) is 1.75. The number of likely N-dealkylation sites (tertiary alicyclic amines) is 1. The van der Waals surface area contributed by atoms with Crippen molar-refractivity contribution < 1.29 is 14.3 Å². The molecule has 1 atom stereocenters. The quantitative estimate of drug-likeness (QED) is 0.662. The minimum Gasteiger partial charge on any atom is -0.462 e. The highest BCUT2D eigenvalue weighted by Gasteiger charge is 2.26. The molecular weight excluding hydrogens is 194 g/mol. The molecule has 1 unspecified atom stereocenters. The largest absolute Gasteiger partial charge is 0.462 e. The standard InChI is InChI=1S/C11H19NO3/c1-8(2)15-10(13)7-12-6-4-5-9(3)11(12)14/h8-9H,4-7H2,1-3H3. The first kappa shape index (κ1) is 12.0. The second kappa shape index (κ2) is 5.14. The van der Waals surface area contributed by atoms with E-state index in [4.69, 9.17) is 4.74 Å². The zero-order valence-electron chi connectivity index (χ0n) is 9.66. The van der Waals surface area contributed by atoms with Gasteiger partial charge in [0.1, 0.15) is 6.54 Å². The summed E-state index contributed by atoms with van der Waals surface area (Å²) < 4.78 is 5.00. The Morgan fingerprint density at radius 3 is 2.87 bits per heavy atom. The van der Waals surface area contributed by atoms with Gasteiger partial charge in [0, 0.05) is 12.5 Å². The van der Waals surface area contributed by atoms with Gasteiger partial charge in [-0.05, 0) is 26.7 Å². The minimum atomic E-state index is -0.313. The van der Waals surface area contributed by atoms with E-state index in [0.29, 0.717) is 6.54 Å². The molecule has 4 heteroatoms. The third-order valence-electron chi connectivity index (χ3n) is 2.49. The molecule has 1 heterocycles. The Hall–Kier alpha value is -1.06. The third-order valence-corrected chi connectivity index (χ3v) is 2.49. The number of rotatable bonds is 3. The number of carbonyl (C=O) groups excluding carboxylic acids is 2. The highest BCUT2D eigenvalue weighted by Crippen LogP contribution is 2.16. The van der Waals surface area contributed by atoms with E-state index in [2.05, 4.69) is 0 Å². The Balaban J connectivity index is 2.43. The molecule has 0 spiro atoms. The molecule has 1 fully saturated rings. The van der Waals surface area contributed by atoms with Crippen LogP contribution in [0, 0.1) is 5.92 Å². The zero-order valence-corrected chi connectivity index (χ0v) is 9.66. The maximum absolute atomic E-state index is 11.7. The number of esters is 1. The van der Waals surface area contributed by atoms with Crippen LogP contribution in [0.3, 0.4) is 0 Å². The smallest absolute Gasteiger partial charge is 0.325 e. The molecule has 15 heavy (non-hydrogen) atoms. The zero-order chi connectivity index (χ0) is 11.4. The van der Waals surface area contributed by atoms with Gasteiger partial charge in [0.15, 0.2) is 0 Å². The van der Waals surface area contributed by atoms with Crippen LogP contribution in [-0.4, -0.2) is 36.0 Å². The van der Waals surface area contributed by atoms with Crippen LogP contribution in [0.5, 0.6) is 0 Å². The lowest BCUT2D eigenvalue weighted by Gasteiger charge is -2.29. The average molecular weight is 213 g/mol. The second-order valence-electron chi connectivity index (χ2n) is 4.34. The fraction of sp³-hybridized carbons (Fsp3) is 0.818. The van der Waals surface area contributed by atoms with E-state index < -0.39 is 0 Å². The van der Waals surface area contributed by atoms with Crippen molar-refractivity contribution in [3.05, 3.63) is 0 Å². The summed E-state index contributed by atoms with van der Waals surface area (Å²) in [5, 5.41) is 0. The fourth-order valence-electron chi connectivity index (χ4n) is 1.75. The van der Waals surface area contributed by atoms with Crippen LogP contribution in [0.15, 0.2) is 0 Å². The first-order valence-corrected chi connectivity index (χ1v) is 5.49. The van der Waals surface area contributed by atoms with Gasteiger partial charge in [-0.25, -0.2) is 0 Å². The summed E-state index contributed by atoms with van der Waals surface area (Å²) in [7, 11) is 0. The summed E-state index contributed by atoms with van der Waals surface area (Å²) in [4.78, 5) is 24.6. The summed E-state index contributed by atoms with van der Waals surface area (Å²) in [5.74, 6) is -0.194. The van der Waals surface area contributed by atoms with E-state index in [1.54, 1.807) is 18.7 Å². The van der Waals surface area contributed by atoms with Crippen LogP contribution in [-0.2, 0) is 14.3 Å². The number of nitrogens with zero attached hydrogens (tertiary/aromatic N) is 1. The third kappa shape index (κ3) is 3.53. The molecule has 0 saturated carbocycles. The van der Waals surface area contributed by atoms with Gasteiger partial charge in [-0.2, -0.15) is 0 Å². The predicted molar refractivity (Wildman–Crippen MR) is 56.2 cm³/mol. The Morgan fingerprint density at radius 2 is 2.27 bits per heavy atom. The number of ether oxygens (including phenoxy) is 1. The van der Waals surface area contributed by atoms with E-state index in [1.165, 1.54) is 0 Å². The molecule has 1 amide bonds. The molecule has 0 radical (unpaired) electrons. The van der Waals surface area contributed by atoms with E-state index in [-0.39, 0.29) is 30.4 Å². The molecule has 0 aromatic rings. The summed E-state index contributed by atoms with van der Waals surface area (Å²) in [6.45, 7) is 6.29. The highest BCUT2D eigenvalue weighted by atomic mass is 16.5. The van der Waals surface area contributed by atoms with E-state index >= 15 is 0 Å². The van der Waals surface area contributed by atoms with Gasteiger partial charge in [0.25, 0.3) is 0 Å². The number of piperidine rings is 1. The number of hydrogen-bond acceptors (Lipinski definition) is 3. The lowest BCUT2D eigenvalue weighted by atomic mass is 9.99. The van der Waals surface area contributed by atoms with Crippen LogP contribution < -0.4 is 0 Å². The molecule has 1 aliphatic heterocycles. The van der Waals surface area contributed by atoms with Gasteiger partial charge in [-0.1, -0.05) is 6.92 Å². The van der Waals surface area contributed by atoms with Crippen molar-refractivity contribution in [3.8, 4) is 0 Å². The maximum Gasteiger partial charge on any atom is 0.325 e. The van der Waals surface area contributed by atoms with Crippen molar-refractivity contribution in [3.63, 3.8) is 0 Å². The van der Waals surface area contributed by atoms with Crippen LogP contribution in [0.25, 0.3) is 0 Å². The molecular formula is C11H19NO3. The molecule has 0 aliphatic carbocycles. The second-order valence-corrected chi connectivity index (χ2v) is 4.34. The van der Waals surface area contributed by atoms with Crippen LogP contribution in [0.2, 0.25) is 0 Å². The van der Waals surface area contributed by atoms with Gasteiger partial charge >= 0.3 is 5.97 Å². The van der Waals surface area contributed by atoms with E-state index in [9.17, 15) is 9.59 Å². The topological polar surface area (TPSA) is 46.6 Å². The van der Waals surface area contributed by atoms with Crippen LogP contribution in [0.4, 0.5) is 0 Å². The van der Waals surface area contributed by atoms with Crippen LogP contribution in [0.1, 0.15) is 33.6 Å². The lowest BCUT2D eigenvalue weighted by molar-refractivity contribution is -0.154. The predicted octanol–water partition coefficient (Wildman–Crippen LogP) is 1.20. The monoisotopic (exact) mass is 213 g/mol. The molecule has 0 aromatic carbocycles. The molecule has 1 saturated heterocycles. The van der Waals surface area contributed by atoms with Crippen molar-refractivity contribution in [2.45, 2.75) is 39.7 Å². The number of amides is 1. The summed E-state index contributed by atoms with van der Waals surface area (Å²) in [5.41, 5.74) is 0. The van der Waals surface area contributed by atoms with Crippen molar-refractivity contribution in [1.82, 2.24) is 4.90 Å². The minimum absolute atomic E-state index is 0.0469. The van der Waals surface area contributed by atoms with Gasteiger partial charge < -0.3 is 9.64 Å². The van der Waals surface area contributed by atoms with Gasteiger partial charge in [0.05, 0.1) is 6.10 Å². The maximum atomic E-state index is 11.7. The molecule has 1 rings (SSSR count). The Morgan fingerprint density at radius 1 is 1.60 bits per heavy atom. The van der Waals surface area contributed by atoms with E-state index in [1.807, 2.05) is 6.92 Å². The van der Waals surface area contributed by atoms with Gasteiger partial charge in [-0.15, -0.1) is 0 Å². The van der Waals surface area contributed by atoms with Crippen molar-refractivity contribution in [2.24, 2.45) is 5.92 Å². The number of hydrogen-bond donors (Lipinski definition) is 0. The van der Waals surface area contributed by atoms with Crippen molar-refractivity contribution in [2.75, 3.05) is 13.1 Å². The molecule has 1 aliphatic rings. The Kier molecular flexibility index (Phi) is 4.12. The normalized spacial score (nSPS) is 22.0. The van der Waals surface area contributed by atoms with Crippen molar-refractivity contribution in [1.29, 1.82) is 0 Å². The molecule has 0 bridgehead atoms. The molecule has 0 aromatic heterocycles. The first-order valence-electron chi connectivity index (χ1n) is 5.49. The number of carbonyl (C=O) groups is 2. The first-order chi connectivity index (χ1) is 7.00. The summed E-state index contributed by atoms with van der Waals surface area (Å²) in [6.07, 6.45) is 1.78. The van der Waals surface area contributed by atoms with Gasteiger partial charge in [-0.3, -0.25) is 9.59 Å². The summed E-state index contributed by atoms with van der Waals surface area (Å²) >= 11 is 0. The molecule has 86 valence electrons. The molecule has 4 nitrogen and oxygen atoms in total. The van der Waals surface area contributed by atoms with E-state index in [0.717, 1.165) is 12.8 Å². The average Bonchev–Trinajstić information content (AvgIpc) is 2.11. The Bertz CT molecular complexity index is 250. The Labute approximate surface area is 90.6 Å². The highest BCUT2D eigenvalue weighted by molar-refractivity contribution is 5.84. The SMILES string of the molecule is CC(C)OC(=O)CN1CCCC(C)C1=O. The van der Waals surface area contributed by atoms with Gasteiger partial charge in [0.2, 0.25) is 5.91 Å². The summed E-state index contributed by atoms with van der Waals surface area (Å²) in [6, 6.07) is 0.